The standard InChI is InChI=1S/C62H55N/c1-3-19-46-38-49-41-57-58(62(61(49)52(46)4-2)55-30-16-15-29-54-53-28-13-7-12-24-47(53)39-56(54)55)40-48-25-14-17-31-59(60(48)57)63(51-36-33-45(34-37-51)43-22-10-6-11-23-43)50-27-18-26-44(32-35-50)42-20-8-5-9-21-42/h3-6,8-12,15,17-25,27,29,31-37,41,55H,2,7,13-14,16,26,28,30,38-40H2,1H3/b19-3-. The summed E-state index contributed by atoms with van der Waals surface area (Å²) in [4.78, 5) is 2.54. The molecule has 0 aliphatic heterocycles. The SMILES string of the molecule is C=CC1=C(/C=C\C)Cc2cc3c(c(C4CCC=CC5=C4CC4=C5CCCC=C4)c21)CC1=CCC=CC(N(C2=CC=C(c4ccccc4)CC=C2)c2ccc(-c4ccccc4)cc2)=C13. The summed E-state index contributed by atoms with van der Waals surface area (Å²) in [6.07, 6.45) is 43.8. The summed E-state index contributed by atoms with van der Waals surface area (Å²) in [5, 5.41) is 0. The van der Waals surface area contributed by atoms with E-state index in [4.69, 9.17) is 0 Å². The number of allylic oxidation sites excluding steroid dienone is 23. The summed E-state index contributed by atoms with van der Waals surface area (Å²) >= 11 is 0. The van der Waals surface area contributed by atoms with Crippen molar-refractivity contribution in [3.05, 3.63) is 261 Å². The van der Waals surface area contributed by atoms with Crippen molar-refractivity contribution in [2.45, 2.75) is 77.0 Å². The number of hydrogen-bond acceptors (Lipinski definition) is 1. The third kappa shape index (κ3) is 7.05. The van der Waals surface area contributed by atoms with Crippen LogP contribution in [0.3, 0.4) is 0 Å². The predicted molar refractivity (Wildman–Crippen MR) is 268 cm³/mol. The van der Waals surface area contributed by atoms with Crippen molar-refractivity contribution in [2.75, 3.05) is 4.90 Å². The molecule has 1 unspecified atom stereocenters. The Hall–Kier alpha value is -6.70. The number of hydrogen-bond donors (Lipinski definition) is 0. The van der Waals surface area contributed by atoms with Gasteiger partial charge in [0, 0.05) is 22.9 Å². The van der Waals surface area contributed by atoms with Crippen molar-refractivity contribution in [1.29, 1.82) is 0 Å². The molecule has 308 valence electrons. The molecule has 4 aromatic rings. The van der Waals surface area contributed by atoms with Crippen molar-refractivity contribution in [3.63, 3.8) is 0 Å². The van der Waals surface area contributed by atoms with Crippen molar-refractivity contribution in [1.82, 2.24) is 0 Å². The van der Waals surface area contributed by atoms with Crippen LogP contribution >= 0.6 is 0 Å². The molecule has 63 heavy (non-hydrogen) atoms. The minimum Gasteiger partial charge on any atom is -0.310 e. The first-order valence-corrected chi connectivity index (χ1v) is 23.3. The normalized spacial score (nSPS) is 20.1. The van der Waals surface area contributed by atoms with Crippen LogP contribution in [0.5, 0.6) is 0 Å². The highest BCUT2D eigenvalue weighted by Gasteiger charge is 2.39. The molecule has 1 atom stereocenters. The van der Waals surface area contributed by atoms with Gasteiger partial charge in [-0.2, -0.15) is 0 Å². The van der Waals surface area contributed by atoms with Gasteiger partial charge in [0.15, 0.2) is 0 Å². The molecule has 0 aromatic heterocycles. The Morgan fingerprint density at radius 2 is 1.52 bits per heavy atom. The maximum absolute atomic E-state index is 4.48. The van der Waals surface area contributed by atoms with Gasteiger partial charge in [0.05, 0.1) is 5.70 Å². The number of anilines is 1. The molecular formula is C62H55N. The van der Waals surface area contributed by atoms with Crippen LogP contribution in [0.1, 0.15) is 97.6 Å². The van der Waals surface area contributed by atoms with Gasteiger partial charge in [0.1, 0.15) is 0 Å². The zero-order chi connectivity index (χ0) is 42.3. The fourth-order valence-electron chi connectivity index (χ4n) is 11.5. The molecule has 11 rings (SSSR count). The zero-order valence-electron chi connectivity index (χ0n) is 36.5. The highest BCUT2D eigenvalue weighted by atomic mass is 15.2. The van der Waals surface area contributed by atoms with Crippen molar-refractivity contribution < 1.29 is 0 Å². The lowest BCUT2D eigenvalue weighted by Crippen LogP contribution is -2.21. The van der Waals surface area contributed by atoms with Crippen LogP contribution in [-0.2, 0) is 12.8 Å². The van der Waals surface area contributed by atoms with Crippen LogP contribution < -0.4 is 4.90 Å². The molecule has 0 amide bonds. The van der Waals surface area contributed by atoms with E-state index in [-0.39, 0.29) is 0 Å². The molecule has 0 heterocycles. The van der Waals surface area contributed by atoms with Gasteiger partial charge in [0.25, 0.3) is 0 Å². The molecule has 0 saturated carbocycles. The van der Waals surface area contributed by atoms with Crippen molar-refractivity contribution in [3.8, 4) is 11.1 Å². The van der Waals surface area contributed by atoms with Gasteiger partial charge in [-0.25, -0.2) is 0 Å². The zero-order valence-corrected chi connectivity index (χ0v) is 36.5. The van der Waals surface area contributed by atoms with E-state index in [1.807, 2.05) is 0 Å². The van der Waals surface area contributed by atoms with Gasteiger partial charge >= 0.3 is 0 Å². The average molecular weight is 814 g/mol. The largest absolute Gasteiger partial charge is 0.310 e. The summed E-state index contributed by atoms with van der Waals surface area (Å²) in [5.41, 5.74) is 27.9. The molecule has 0 fully saturated rings. The number of rotatable bonds is 8. The Kier molecular flexibility index (Phi) is 10.5. The lowest BCUT2D eigenvalue weighted by atomic mass is 9.77. The van der Waals surface area contributed by atoms with E-state index in [9.17, 15) is 0 Å². The second-order valence-electron chi connectivity index (χ2n) is 17.9. The van der Waals surface area contributed by atoms with Crippen LogP contribution in [0.2, 0.25) is 0 Å². The smallest absolute Gasteiger partial charge is 0.0539 e. The molecule has 1 nitrogen and oxygen atoms in total. The topological polar surface area (TPSA) is 3.24 Å². The van der Waals surface area contributed by atoms with Crippen molar-refractivity contribution in [2.24, 2.45) is 0 Å². The highest BCUT2D eigenvalue weighted by molar-refractivity contribution is 5.97. The minimum atomic E-state index is 0.345. The minimum absolute atomic E-state index is 0.345. The molecule has 0 radical (unpaired) electrons. The predicted octanol–water partition coefficient (Wildman–Crippen LogP) is 16.2. The first-order valence-electron chi connectivity index (χ1n) is 23.3. The molecule has 1 heteroatoms. The van der Waals surface area contributed by atoms with Gasteiger partial charge in [0.2, 0.25) is 0 Å². The van der Waals surface area contributed by atoms with E-state index in [1.165, 1.54) is 103 Å². The fraction of sp³-hybridized carbons (Fsp3) is 0.194. The van der Waals surface area contributed by atoms with Gasteiger partial charge in [-0.15, -0.1) is 0 Å². The second kappa shape index (κ2) is 16.9. The van der Waals surface area contributed by atoms with E-state index in [2.05, 4.69) is 194 Å². The Balaban J connectivity index is 1.13. The first kappa shape index (κ1) is 39.2. The Morgan fingerprint density at radius 3 is 2.33 bits per heavy atom. The number of fused-ring (bicyclic) bond motifs is 5. The van der Waals surface area contributed by atoms with Crippen LogP contribution in [0.4, 0.5) is 5.69 Å². The molecule has 0 spiro atoms. The molecule has 7 aliphatic rings. The van der Waals surface area contributed by atoms with Gasteiger partial charge in [-0.1, -0.05) is 152 Å². The third-order valence-corrected chi connectivity index (χ3v) is 14.3. The van der Waals surface area contributed by atoms with Crippen LogP contribution in [0, 0.1) is 0 Å². The van der Waals surface area contributed by atoms with Crippen LogP contribution in [-0.4, -0.2) is 0 Å². The quantitative estimate of drug-likeness (QED) is 0.171. The number of nitrogens with zero attached hydrogens (tertiary/aromatic N) is 1. The van der Waals surface area contributed by atoms with Gasteiger partial charge in [-0.3, -0.25) is 0 Å². The second-order valence-corrected chi connectivity index (χ2v) is 17.9. The Bertz CT molecular complexity index is 2920. The Labute approximate surface area is 374 Å². The van der Waals surface area contributed by atoms with Crippen LogP contribution in [0.15, 0.2) is 227 Å². The van der Waals surface area contributed by atoms with Gasteiger partial charge in [-0.05, 0) is 191 Å². The van der Waals surface area contributed by atoms with E-state index < -0.39 is 0 Å². The van der Waals surface area contributed by atoms with E-state index in [0.29, 0.717) is 5.92 Å². The fourth-order valence-corrected chi connectivity index (χ4v) is 11.5. The molecule has 4 aromatic carbocycles. The van der Waals surface area contributed by atoms with Crippen LogP contribution in [0.25, 0.3) is 27.8 Å². The van der Waals surface area contributed by atoms with E-state index in [1.54, 1.807) is 22.3 Å². The lowest BCUT2D eigenvalue weighted by Gasteiger charge is -2.30. The van der Waals surface area contributed by atoms with E-state index >= 15 is 0 Å². The summed E-state index contributed by atoms with van der Waals surface area (Å²) in [6.45, 7) is 6.63. The highest BCUT2D eigenvalue weighted by Crippen LogP contribution is 2.55. The molecular weight excluding hydrogens is 759 g/mol. The third-order valence-electron chi connectivity index (χ3n) is 14.3. The first-order chi connectivity index (χ1) is 31.2. The maximum atomic E-state index is 4.48. The molecule has 0 bridgehead atoms. The summed E-state index contributed by atoms with van der Waals surface area (Å²) in [5.74, 6) is 0.345. The summed E-state index contributed by atoms with van der Waals surface area (Å²) in [7, 11) is 0. The molecule has 7 aliphatic carbocycles. The lowest BCUT2D eigenvalue weighted by molar-refractivity contribution is 0.698. The Morgan fingerprint density at radius 1 is 0.730 bits per heavy atom. The molecule has 0 N–H and O–H groups in total. The summed E-state index contributed by atoms with van der Waals surface area (Å²) < 4.78 is 0. The monoisotopic (exact) mass is 813 g/mol. The summed E-state index contributed by atoms with van der Waals surface area (Å²) in [6, 6.07) is 33.4. The maximum Gasteiger partial charge on any atom is 0.0539 e. The number of benzene rings is 4. The molecule has 0 saturated heterocycles. The average Bonchev–Trinajstić information content (AvgIpc) is 3.61. The van der Waals surface area contributed by atoms with Gasteiger partial charge < -0.3 is 4.90 Å². The van der Waals surface area contributed by atoms with Crippen molar-refractivity contribution >= 4 is 22.4 Å². The van der Waals surface area contributed by atoms with E-state index in [0.717, 1.165) is 50.6 Å².